The summed E-state index contributed by atoms with van der Waals surface area (Å²) < 4.78 is 23.8. The van der Waals surface area contributed by atoms with Gasteiger partial charge in [-0.25, -0.2) is 8.78 Å². The summed E-state index contributed by atoms with van der Waals surface area (Å²) in [7, 11) is 2.07. The van der Waals surface area contributed by atoms with Crippen LogP contribution in [0.25, 0.3) is 0 Å². The second kappa shape index (κ2) is 2.64. The van der Waals surface area contributed by atoms with Gasteiger partial charge >= 0.3 is 0 Å². The second-order valence-corrected chi connectivity index (χ2v) is 4.23. The van der Waals surface area contributed by atoms with Crippen LogP contribution in [-0.4, -0.2) is 56.0 Å². The molecule has 2 aliphatic heterocycles. The standard InChI is InChI=1S/C8H14F2N2/c1-11-3-8(4-11)5-12(6-8)2-7(9)10/h7H,2-6H2,1H3. The summed E-state index contributed by atoms with van der Waals surface area (Å²) >= 11 is 0. The van der Waals surface area contributed by atoms with Gasteiger partial charge in [0.2, 0.25) is 0 Å². The van der Waals surface area contributed by atoms with Gasteiger partial charge in [-0.15, -0.1) is 0 Å². The number of hydrogen-bond donors (Lipinski definition) is 0. The monoisotopic (exact) mass is 176 g/mol. The third kappa shape index (κ3) is 1.33. The van der Waals surface area contributed by atoms with Crippen LogP contribution in [-0.2, 0) is 0 Å². The highest BCUT2D eigenvalue weighted by Gasteiger charge is 2.50. The van der Waals surface area contributed by atoms with Crippen LogP contribution in [0.2, 0.25) is 0 Å². The van der Waals surface area contributed by atoms with Crippen molar-refractivity contribution in [2.75, 3.05) is 39.8 Å². The Hall–Kier alpha value is -0.220. The maximum absolute atomic E-state index is 11.9. The van der Waals surface area contributed by atoms with E-state index in [0.717, 1.165) is 26.2 Å². The number of rotatable bonds is 2. The minimum atomic E-state index is -2.17. The van der Waals surface area contributed by atoms with Crippen LogP contribution in [0.15, 0.2) is 0 Å². The summed E-state index contributed by atoms with van der Waals surface area (Å²) in [5, 5.41) is 0. The van der Waals surface area contributed by atoms with E-state index in [-0.39, 0.29) is 6.54 Å². The normalized spacial score (nSPS) is 29.0. The highest BCUT2D eigenvalue weighted by Crippen LogP contribution is 2.38. The summed E-state index contributed by atoms with van der Waals surface area (Å²) in [5.74, 6) is 0. The first kappa shape index (κ1) is 8.38. The van der Waals surface area contributed by atoms with E-state index in [0.29, 0.717) is 5.41 Å². The lowest BCUT2D eigenvalue weighted by atomic mass is 9.73. The predicted octanol–water partition coefficient (Wildman–Crippen LogP) is 0.499. The molecule has 12 heavy (non-hydrogen) atoms. The van der Waals surface area contributed by atoms with E-state index < -0.39 is 6.43 Å². The van der Waals surface area contributed by atoms with Crippen LogP contribution in [0.5, 0.6) is 0 Å². The molecule has 0 saturated carbocycles. The van der Waals surface area contributed by atoms with Crippen LogP contribution >= 0.6 is 0 Å². The fraction of sp³-hybridized carbons (Fsp3) is 1.00. The number of hydrogen-bond acceptors (Lipinski definition) is 2. The van der Waals surface area contributed by atoms with E-state index in [2.05, 4.69) is 11.9 Å². The summed E-state index contributed by atoms with van der Waals surface area (Å²) in [6.07, 6.45) is -2.17. The molecule has 2 saturated heterocycles. The molecule has 2 rings (SSSR count). The Morgan fingerprint density at radius 2 is 1.83 bits per heavy atom. The Kier molecular flexibility index (Phi) is 1.84. The molecule has 2 nitrogen and oxygen atoms in total. The Bertz CT molecular complexity index is 170. The predicted molar refractivity (Wildman–Crippen MR) is 42.4 cm³/mol. The molecular weight excluding hydrogens is 162 g/mol. The molecule has 0 aromatic rings. The fourth-order valence-electron chi connectivity index (χ4n) is 2.53. The van der Waals surface area contributed by atoms with E-state index in [9.17, 15) is 8.78 Å². The third-order valence-electron chi connectivity index (χ3n) is 2.72. The second-order valence-electron chi connectivity index (χ2n) is 4.23. The van der Waals surface area contributed by atoms with Gasteiger partial charge in [-0.2, -0.15) is 0 Å². The van der Waals surface area contributed by atoms with Crippen molar-refractivity contribution in [2.24, 2.45) is 5.41 Å². The van der Waals surface area contributed by atoms with Crippen molar-refractivity contribution in [3.63, 3.8) is 0 Å². The molecule has 2 heterocycles. The molecule has 70 valence electrons. The van der Waals surface area contributed by atoms with Crippen molar-refractivity contribution in [3.8, 4) is 0 Å². The number of halogens is 2. The molecule has 0 aromatic carbocycles. The van der Waals surface area contributed by atoms with Gasteiger partial charge in [-0.3, -0.25) is 4.90 Å². The van der Waals surface area contributed by atoms with Gasteiger partial charge in [0.15, 0.2) is 0 Å². The first-order chi connectivity index (χ1) is 5.60. The minimum Gasteiger partial charge on any atom is -0.305 e. The van der Waals surface area contributed by atoms with E-state index >= 15 is 0 Å². The number of likely N-dealkylation sites (tertiary alicyclic amines) is 2. The lowest BCUT2D eigenvalue weighted by Gasteiger charge is -2.59. The van der Waals surface area contributed by atoms with E-state index in [1.165, 1.54) is 0 Å². The lowest BCUT2D eigenvalue weighted by molar-refractivity contribution is -0.117. The van der Waals surface area contributed by atoms with Crippen molar-refractivity contribution in [2.45, 2.75) is 6.43 Å². The number of alkyl halides is 2. The van der Waals surface area contributed by atoms with Crippen molar-refractivity contribution < 1.29 is 8.78 Å². The lowest BCUT2D eigenvalue weighted by Crippen LogP contribution is -2.71. The molecule has 0 radical (unpaired) electrons. The van der Waals surface area contributed by atoms with Gasteiger partial charge < -0.3 is 4.90 Å². The van der Waals surface area contributed by atoms with Crippen LogP contribution in [0.4, 0.5) is 8.78 Å². The molecule has 0 aromatic heterocycles. The van der Waals surface area contributed by atoms with Crippen molar-refractivity contribution in [1.29, 1.82) is 0 Å². The molecule has 0 aliphatic carbocycles. The van der Waals surface area contributed by atoms with Crippen LogP contribution < -0.4 is 0 Å². The maximum atomic E-state index is 11.9. The minimum absolute atomic E-state index is 0.0362. The molecule has 1 spiro atoms. The zero-order valence-corrected chi connectivity index (χ0v) is 7.26. The highest BCUT2D eigenvalue weighted by atomic mass is 19.3. The van der Waals surface area contributed by atoms with Gasteiger partial charge in [0.1, 0.15) is 0 Å². The SMILES string of the molecule is CN1CC2(C1)CN(CC(F)F)C2. The molecule has 0 N–H and O–H groups in total. The van der Waals surface area contributed by atoms with E-state index in [1.54, 1.807) is 0 Å². The molecule has 0 atom stereocenters. The maximum Gasteiger partial charge on any atom is 0.251 e. The molecule has 0 amide bonds. The van der Waals surface area contributed by atoms with Crippen LogP contribution in [0.1, 0.15) is 0 Å². The summed E-state index contributed by atoms with van der Waals surface area (Å²) in [6, 6.07) is 0. The molecule has 0 bridgehead atoms. The van der Waals surface area contributed by atoms with Gasteiger partial charge in [0.25, 0.3) is 6.43 Å². The molecular formula is C8H14F2N2. The molecule has 0 unspecified atom stereocenters. The third-order valence-corrected chi connectivity index (χ3v) is 2.72. The molecule has 2 aliphatic rings. The summed E-state index contributed by atoms with van der Waals surface area (Å²) in [5.41, 5.74) is 0.393. The molecule has 4 heteroatoms. The molecule has 2 fully saturated rings. The number of nitrogens with zero attached hydrogens (tertiary/aromatic N) is 2. The highest BCUT2D eigenvalue weighted by molar-refractivity contribution is 5.04. The van der Waals surface area contributed by atoms with Crippen LogP contribution in [0, 0.1) is 5.41 Å². The largest absolute Gasteiger partial charge is 0.305 e. The van der Waals surface area contributed by atoms with Gasteiger partial charge in [0.05, 0.1) is 6.54 Å². The average Bonchev–Trinajstić information content (AvgIpc) is 1.78. The van der Waals surface area contributed by atoms with E-state index in [1.807, 2.05) is 4.90 Å². The Balaban J connectivity index is 1.70. The van der Waals surface area contributed by atoms with Gasteiger partial charge in [-0.05, 0) is 7.05 Å². The summed E-state index contributed by atoms with van der Waals surface area (Å²) in [6.45, 7) is 3.90. The fourth-order valence-corrected chi connectivity index (χ4v) is 2.53. The zero-order valence-electron chi connectivity index (χ0n) is 7.26. The quantitative estimate of drug-likeness (QED) is 0.604. The van der Waals surface area contributed by atoms with Crippen LogP contribution in [0.3, 0.4) is 0 Å². The topological polar surface area (TPSA) is 6.48 Å². The first-order valence-corrected chi connectivity index (χ1v) is 4.29. The van der Waals surface area contributed by atoms with Crippen molar-refractivity contribution in [1.82, 2.24) is 9.80 Å². The summed E-state index contributed by atoms with van der Waals surface area (Å²) in [4.78, 5) is 4.08. The Labute approximate surface area is 71.1 Å². The average molecular weight is 176 g/mol. The smallest absolute Gasteiger partial charge is 0.251 e. The first-order valence-electron chi connectivity index (χ1n) is 4.29. The van der Waals surface area contributed by atoms with Crippen molar-refractivity contribution in [3.05, 3.63) is 0 Å². The van der Waals surface area contributed by atoms with Gasteiger partial charge in [-0.1, -0.05) is 0 Å². The van der Waals surface area contributed by atoms with Crippen molar-refractivity contribution >= 4 is 0 Å². The zero-order chi connectivity index (χ0) is 8.77. The van der Waals surface area contributed by atoms with Gasteiger partial charge in [0, 0.05) is 31.6 Å². The Morgan fingerprint density at radius 1 is 1.25 bits per heavy atom. The van der Waals surface area contributed by atoms with E-state index in [4.69, 9.17) is 0 Å². The Morgan fingerprint density at radius 3 is 2.25 bits per heavy atom.